The number of carbonyl (C=O) groups is 5. The number of anilines is 1. The molecule has 0 spiro atoms. The summed E-state index contributed by atoms with van der Waals surface area (Å²) in [4.78, 5) is 62.1. The van der Waals surface area contributed by atoms with Gasteiger partial charge in [0.25, 0.3) is 17.7 Å². The van der Waals surface area contributed by atoms with Crippen LogP contribution in [-0.2, 0) is 9.53 Å². The summed E-state index contributed by atoms with van der Waals surface area (Å²) in [5.74, 6) is -2.80. The minimum atomic E-state index is -1.13. The van der Waals surface area contributed by atoms with Crippen LogP contribution < -0.4 is 11.1 Å². The van der Waals surface area contributed by atoms with Crippen molar-refractivity contribution in [3.63, 3.8) is 0 Å². The Kier molecular flexibility index (Phi) is 6.67. The van der Waals surface area contributed by atoms with E-state index >= 15 is 0 Å². The number of fused-ring (bicyclic) bond motifs is 1. The molecule has 0 saturated heterocycles. The Hall–Kier alpha value is -4.01. The largest absolute Gasteiger partial charge is 0.449 e. The summed E-state index contributed by atoms with van der Waals surface area (Å²) in [6.45, 7) is 3.68. The topological polar surface area (TPSA) is 136 Å². The van der Waals surface area contributed by atoms with Crippen molar-refractivity contribution < 1.29 is 28.7 Å². The number of nitrogens with zero attached hydrogens (tertiary/aromatic N) is 1. The lowest BCUT2D eigenvalue weighted by atomic mass is 10.1. The summed E-state index contributed by atoms with van der Waals surface area (Å²) in [5.41, 5.74) is 6.32. The van der Waals surface area contributed by atoms with E-state index in [4.69, 9.17) is 10.5 Å². The zero-order valence-corrected chi connectivity index (χ0v) is 17.7. The lowest BCUT2D eigenvalue weighted by Crippen LogP contribution is -2.30. The van der Waals surface area contributed by atoms with E-state index in [2.05, 4.69) is 5.32 Å². The summed E-state index contributed by atoms with van der Waals surface area (Å²) < 4.78 is 5.21. The Balaban J connectivity index is 1.65. The number of primary amides is 1. The number of nitrogens with one attached hydrogen (secondary N) is 1. The van der Waals surface area contributed by atoms with Gasteiger partial charge in [-0.15, -0.1) is 0 Å². The number of hydrogen-bond acceptors (Lipinski definition) is 6. The van der Waals surface area contributed by atoms with Crippen molar-refractivity contribution in [2.75, 3.05) is 11.9 Å². The maximum Gasteiger partial charge on any atom is 0.338 e. The van der Waals surface area contributed by atoms with E-state index in [1.165, 1.54) is 54.3 Å². The SMILES string of the molecule is CCCCN1C(=O)c2ccc(C(=O)O[C@@H](C)C(=O)Nc3ccc(C(N)=O)cc3)cc2C1=O. The van der Waals surface area contributed by atoms with E-state index in [-0.39, 0.29) is 22.6 Å². The lowest BCUT2D eigenvalue weighted by Gasteiger charge is -2.14. The summed E-state index contributed by atoms with van der Waals surface area (Å²) in [6.07, 6.45) is 0.392. The third kappa shape index (κ3) is 4.66. The van der Waals surface area contributed by atoms with Crippen molar-refractivity contribution in [1.29, 1.82) is 0 Å². The highest BCUT2D eigenvalue weighted by molar-refractivity contribution is 6.22. The molecule has 2 aromatic rings. The average molecular weight is 437 g/mol. The first-order valence-corrected chi connectivity index (χ1v) is 10.1. The second-order valence-electron chi connectivity index (χ2n) is 7.35. The molecular weight excluding hydrogens is 414 g/mol. The van der Waals surface area contributed by atoms with E-state index in [0.29, 0.717) is 24.2 Å². The molecule has 0 aliphatic carbocycles. The number of unbranched alkanes of at least 4 members (excludes halogenated alkanes) is 1. The number of amides is 4. The molecule has 1 aliphatic heterocycles. The van der Waals surface area contributed by atoms with Crippen LogP contribution in [0.2, 0.25) is 0 Å². The van der Waals surface area contributed by atoms with Gasteiger partial charge in [-0.3, -0.25) is 24.1 Å². The number of benzene rings is 2. The molecule has 4 amide bonds. The molecule has 1 aliphatic rings. The number of hydrogen-bond donors (Lipinski definition) is 2. The molecule has 3 N–H and O–H groups in total. The average Bonchev–Trinajstić information content (AvgIpc) is 3.01. The van der Waals surface area contributed by atoms with Crippen molar-refractivity contribution in [3.8, 4) is 0 Å². The van der Waals surface area contributed by atoms with Crippen LogP contribution in [0.1, 0.15) is 68.1 Å². The maximum atomic E-state index is 12.5. The smallest absolute Gasteiger partial charge is 0.338 e. The molecule has 3 rings (SSSR count). The molecule has 9 nitrogen and oxygen atoms in total. The molecular formula is C23H23N3O6. The van der Waals surface area contributed by atoms with Crippen molar-refractivity contribution in [3.05, 3.63) is 64.7 Å². The molecule has 0 radical (unpaired) electrons. The molecule has 32 heavy (non-hydrogen) atoms. The van der Waals surface area contributed by atoms with Crippen LogP contribution in [0.5, 0.6) is 0 Å². The summed E-state index contributed by atoms with van der Waals surface area (Å²) in [6, 6.07) is 10.0. The van der Waals surface area contributed by atoms with E-state index in [1.807, 2.05) is 6.92 Å². The van der Waals surface area contributed by atoms with Crippen molar-refractivity contribution >= 4 is 35.3 Å². The number of esters is 1. The molecule has 2 aromatic carbocycles. The lowest BCUT2D eigenvalue weighted by molar-refractivity contribution is -0.123. The number of ether oxygens (including phenoxy) is 1. The molecule has 1 atom stereocenters. The Bertz CT molecular complexity index is 1090. The zero-order valence-electron chi connectivity index (χ0n) is 17.7. The molecule has 0 unspecified atom stereocenters. The van der Waals surface area contributed by atoms with Crippen LogP contribution in [0, 0.1) is 0 Å². The van der Waals surface area contributed by atoms with Gasteiger partial charge in [0.05, 0.1) is 16.7 Å². The number of nitrogens with two attached hydrogens (primary N) is 1. The Labute approximate surface area is 184 Å². The van der Waals surface area contributed by atoms with Gasteiger partial charge >= 0.3 is 5.97 Å². The van der Waals surface area contributed by atoms with Crippen LogP contribution >= 0.6 is 0 Å². The Morgan fingerprint density at radius 1 is 1.00 bits per heavy atom. The predicted molar refractivity (Wildman–Crippen MR) is 115 cm³/mol. The highest BCUT2D eigenvalue weighted by Gasteiger charge is 2.35. The Morgan fingerprint density at radius 2 is 1.62 bits per heavy atom. The molecule has 9 heteroatoms. The van der Waals surface area contributed by atoms with Gasteiger partial charge in [-0.05, 0) is 55.8 Å². The van der Waals surface area contributed by atoms with Gasteiger partial charge < -0.3 is 15.8 Å². The standard InChI is InChI=1S/C23H23N3O6/c1-3-4-11-26-21(29)17-10-7-15(12-18(17)22(26)30)23(31)32-13(2)20(28)25-16-8-5-14(6-9-16)19(24)27/h5-10,12-13H,3-4,11H2,1-2H3,(H2,24,27)(H,25,28)/t13-/m0/s1. The summed E-state index contributed by atoms with van der Waals surface area (Å²) in [7, 11) is 0. The van der Waals surface area contributed by atoms with Crippen LogP contribution in [0.25, 0.3) is 0 Å². The van der Waals surface area contributed by atoms with E-state index in [9.17, 15) is 24.0 Å². The fourth-order valence-electron chi connectivity index (χ4n) is 3.18. The fourth-order valence-corrected chi connectivity index (χ4v) is 3.18. The maximum absolute atomic E-state index is 12.5. The van der Waals surface area contributed by atoms with Gasteiger partial charge in [0, 0.05) is 17.8 Å². The molecule has 166 valence electrons. The third-order valence-corrected chi connectivity index (χ3v) is 5.03. The predicted octanol–water partition coefficient (Wildman–Crippen LogP) is 2.37. The fraction of sp³-hybridized carbons (Fsp3) is 0.261. The Morgan fingerprint density at radius 3 is 2.25 bits per heavy atom. The van der Waals surface area contributed by atoms with Crippen molar-refractivity contribution in [2.24, 2.45) is 5.73 Å². The van der Waals surface area contributed by atoms with Gasteiger partial charge in [-0.1, -0.05) is 13.3 Å². The molecule has 1 heterocycles. The molecule has 0 fully saturated rings. The third-order valence-electron chi connectivity index (χ3n) is 5.03. The molecule has 0 bridgehead atoms. The molecule has 0 saturated carbocycles. The first kappa shape index (κ1) is 22.7. The first-order chi connectivity index (χ1) is 15.2. The van der Waals surface area contributed by atoms with E-state index < -0.39 is 29.8 Å². The van der Waals surface area contributed by atoms with Gasteiger partial charge in [0.15, 0.2) is 6.10 Å². The normalized spacial score (nSPS) is 13.5. The van der Waals surface area contributed by atoms with Crippen LogP contribution in [-0.4, -0.2) is 47.1 Å². The van der Waals surface area contributed by atoms with Crippen LogP contribution in [0.15, 0.2) is 42.5 Å². The second-order valence-corrected chi connectivity index (χ2v) is 7.35. The van der Waals surface area contributed by atoms with Gasteiger partial charge in [-0.2, -0.15) is 0 Å². The number of rotatable bonds is 8. The van der Waals surface area contributed by atoms with E-state index in [0.717, 1.165) is 6.42 Å². The van der Waals surface area contributed by atoms with Crippen molar-refractivity contribution in [1.82, 2.24) is 4.90 Å². The highest BCUT2D eigenvalue weighted by atomic mass is 16.5. The van der Waals surface area contributed by atoms with Gasteiger partial charge in [0.1, 0.15) is 0 Å². The number of carbonyl (C=O) groups excluding carboxylic acids is 5. The zero-order chi connectivity index (χ0) is 23.4. The van der Waals surface area contributed by atoms with Crippen LogP contribution in [0.4, 0.5) is 5.69 Å². The van der Waals surface area contributed by atoms with Crippen LogP contribution in [0.3, 0.4) is 0 Å². The van der Waals surface area contributed by atoms with Crippen molar-refractivity contribution in [2.45, 2.75) is 32.8 Å². The minimum absolute atomic E-state index is 0.0627. The quantitative estimate of drug-likeness (QED) is 0.481. The second kappa shape index (κ2) is 9.42. The summed E-state index contributed by atoms with van der Waals surface area (Å²) in [5, 5.41) is 2.57. The number of imide groups is 1. The van der Waals surface area contributed by atoms with Gasteiger partial charge in [-0.25, -0.2) is 4.79 Å². The summed E-state index contributed by atoms with van der Waals surface area (Å²) >= 11 is 0. The highest BCUT2D eigenvalue weighted by Crippen LogP contribution is 2.25. The first-order valence-electron chi connectivity index (χ1n) is 10.1. The molecule has 0 aromatic heterocycles. The minimum Gasteiger partial charge on any atom is -0.449 e. The van der Waals surface area contributed by atoms with Gasteiger partial charge in [0.2, 0.25) is 5.91 Å². The van der Waals surface area contributed by atoms with E-state index in [1.54, 1.807) is 0 Å². The monoisotopic (exact) mass is 437 g/mol.